The Morgan fingerprint density at radius 1 is 1.15 bits per heavy atom. The minimum Gasteiger partial charge on any atom is -0.496 e. The highest BCUT2D eigenvalue weighted by atomic mass is 16.5. The maximum atomic E-state index is 5.59. The molecule has 1 aromatic heterocycles. The van der Waals surface area contributed by atoms with Crippen LogP contribution in [-0.4, -0.2) is 37.2 Å². The quantitative estimate of drug-likeness (QED) is 0.804. The van der Waals surface area contributed by atoms with Gasteiger partial charge >= 0.3 is 0 Å². The van der Waals surface area contributed by atoms with Crippen molar-refractivity contribution in [3.05, 3.63) is 29.5 Å². The van der Waals surface area contributed by atoms with Crippen molar-refractivity contribution in [1.29, 1.82) is 0 Å². The predicted molar refractivity (Wildman–Crippen MR) is 85.7 cm³/mol. The molecule has 0 unspecified atom stereocenters. The van der Waals surface area contributed by atoms with Crippen molar-refractivity contribution >= 4 is 10.9 Å². The standard InChI is InChI=1S/C17H26N2O/c1-6-7-13-8-9-15(20-5)16-14(10-11-18(2)3)12-19(4)17(13)16/h8-9,12H,6-7,10-11H2,1-5H3. The Hall–Kier alpha value is -1.48. The van der Waals surface area contributed by atoms with Gasteiger partial charge < -0.3 is 14.2 Å². The third-order valence-corrected chi connectivity index (χ3v) is 3.81. The summed E-state index contributed by atoms with van der Waals surface area (Å²) >= 11 is 0. The lowest BCUT2D eigenvalue weighted by atomic mass is 10.0. The lowest BCUT2D eigenvalue weighted by molar-refractivity contribution is 0.411. The van der Waals surface area contributed by atoms with E-state index in [-0.39, 0.29) is 0 Å². The molecule has 0 N–H and O–H groups in total. The average molecular weight is 274 g/mol. The van der Waals surface area contributed by atoms with E-state index in [0.717, 1.165) is 25.1 Å². The number of rotatable bonds is 6. The molecule has 0 spiro atoms. The van der Waals surface area contributed by atoms with Gasteiger partial charge in [-0.1, -0.05) is 19.4 Å². The Kier molecular flexibility index (Phi) is 4.71. The minimum absolute atomic E-state index is 0.995. The molecular weight excluding hydrogens is 248 g/mol. The molecule has 3 nitrogen and oxygen atoms in total. The van der Waals surface area contributed by atoms with Gasteiger partial charge in [-0.25, -0.2) is 0 Å². The second kappa shape index (κ2) is 6.31. The van der Waals surface area contributed by atoms with Crippen LogP contribution in [0.1, 0.15) is 24.5 Å². The van der Waals surface area contributed by atoms with Crippen LogP contribution in [-0.2, 0) is 19.9 Å². The lowest BCUT2D eigenvalue weighted by Crippen LogP contribution is -2.14. The minimum atomic E-state index is 0.995. The van der Waals surface area contributed by atoms with E-state index in [1.54, 1.807) is 7.11 Å². The summed E-state index contributed by atoms with van der Waals surface area (Å²) in [5.41, 5.74) is 4.13. The van der Waals surface area contributed by atoms with Crippen LogP contribution in [0.3, 0.4) is 0 Å². The molecule has 110 valence electrons. The van der Waals surface area contributed by atoms with E-state index in [1.807, 2.05) is 0 Å². The highest BCUT2D eigenvalue weighted by molar-refractivity contribution is 5.92. The Bertz CT molecular complexity index is 584. The van der Waals surface area contributed by atoms with Crippen molar-refractivity contribution in [1.82, 2.24) is 9.47 Å². The maximum absolute atomic E-state index is 5.59. The molecule has 1 heterocycles. The number of nitrogens with zero attached hydrogens (tertiary/aromatic N) is 2. The topological polar surface area (TPSA) is 17.4 Å². The molecule has 0 amide bonds. The molecule has 0 radical (unpaired) electrons. The van der Waals surface area contributed by atoms with Gasteiger partial charge in [0.15, 0.2) is 0 Å². The Labute approximate surface area is 122 Å². The number of likely N-dealkylation sites (N-methyl/N-ethyl adjacent to an activating group) is 1. The Balaban J connectivity index is 2.56. The Morgan fingerprint density at radius 3 is 2.50 bits per heavy atom. The van der Waals surface area contributed by atoms with Crippen LogP contribution >= 0.6 is 0 Å². The van der Waals surface area contributed by atoms with Crippen LogP contribution < -0.4 is 4.74 Å². The molecule has 1 aromatic carbocycles. The number of ether oxygens (including phenoxy) is 1. The van der Waals surface area contributed by atoms with Crippen molar-refractivity contribution in [2.24, 2.45) is 7.05 Å². The fraction of sp³-hybridized carbons (Fsp3) is 0.529. The van der Waals surface area contributed by atoms with E-state index < -0.39 is 0 Å². The summed E-state index contributed by atoms with van der Waals surface area (Å²) < 4.78 is 7.85. The van der Waals surface area contributed by atoms with Gasteiger partial charge in [0.2, 0.25) is 0 Å². The van der Waals surface area contributed by atoms with Crippen LogP contribution in [0.2, 0.25) is 0 Å². The molecule has 2 aromatic rings. The third kappa shape index (κ3) is 2.83. The van der Waals surface area contributed by atoms with Gasteiger partial charge in [0.05, 0.1) is 12.6 Å². The first-order valence-electron chi connectivity index (χ1n) is 7.37. The zero-order chi connectivity index (χ0) is 14.7. The number of fused-ring (bicyclic) bond motifs is 1. The predicted octanol–water partition coefficient (Wildman–Crippen LogP) is 3.24. The smallest absolute Gasteiger partial charge is 0.128 e. The SMILES string of the molecule is CCCc1ccc(OC)c2c(CCN(C)C)cn(C)c12. The van der Waals surface area contributed by atoms with Crippen LogP contribution in [0.4, 0.5) is 0 Å². The molecule has 0 atom stereocenters. The zero-order valence-electron chi connectivity index (χ0n) is 13.4. The fourth-order valence-electron chi connectivity index (χ4n) is 2.87. The van der Waals surface area contributed by atoms with Gasteiger partial charge in [-0.3, -0.25) is 0 Å². The average Bonchev–Trinajstić information content (AvgIpc) is 2.75. The molecule has 2 rings (SSSR count). The van der Waals surface area contributed by atoms with Gasteiger partial charge in [-0.05, 0) is 44.1 Å². The van der Waals surface area contributed by atoms with E-state index in [2.05, 4.69) is 55.9 Å². The van der Waals surface area contributed by atoms with E-state index >= 15 is 0 Å². The highest BCUT2D eigenvalue weighted by Gasteiger charge is 2.15. The summed E-state index contributed by atoms with van der Waals surface area (Å²) in [6.07, 6.45) is 5.59. The molecule has 3 heteroatoms. The van der Waals surface area contributed by atoms with Crippen LogP contribution in [0.5, 0.6) is 5.75 Å². The Morgan fingerprint density at radius 2 is 1.90 bits per heavy atom. The van der Waals surface area contributed by atoms with E-state index in [0.29, 0.717) is 0 Å². The monoisotopic (exact) mass is 274 g/mol. The summed E-state index contributed by atoms with van der Waals surface area (Å²) in [7, 11) is 8.13. The van der Waals surface area contributed by atoms with Crippen LogP contribution in [0.15, 0.2) is 18.3 Å². The summed E-state index contributed by atoms with van der Waals surface area (Å²) in [4.78, 5) is 2.22. The number of benzene rings is 1. The summed E-state index contributed by atoms with van der Waals surface area (Å²) in [5, 5.41) is 1.29. The van der Waals surface area contributed by atoms with Gasteiger partial charge in [0.25, 0.3) is 0 Å². The maximum Gasteiger partial charge on any atom is 0.128 e. The summed E-state index contributed by atoms with van der Waals surface area (Å²) in [5.74, 6) is 0.995. The molecule has 0 fully saturated rings. The van der Waals surface area contributed by atoms with E-state index in [9.17, 15) is 0 Å². The zero-order valence-corrected chi connectivity index (χ0v) is 13.4. The highest BCUT2D eigenvalue weighted by Crippen LogP contribution is 2.33. The number of aryl methyl sites for hydroxylation is 2. The van der Waals surface area contributed by atoms with Crippen LogP contribution in [0.25, 0.3) is 10.9 Å². The van der Waals surface area contributed by atoms with Gasteiger partial charge in [0.1, 0.15) is 5.75 Å². The molecule has 20 heavy (non-hydrogen) atoms. The van der Waals surface area contributed by atoms with Crippen molar-refractivity contribution in [3.8, 4) is 5.75 Å². The molecular formula is C17H26N2O. The van der Waals surface area contributed by atoms with E-state index in [1.165, 1.54) is 28.5 Å². The summed E-state index contributed by atoms with van der Waals surface area (Å²) in [6, 6.07) is 4.33. The first-order valence-corrected chi connectivity index (χ1v) is 7.37. The van der Waals surface area contributed by atoms with Crippen LogP contribution in [0, 0.1) is 0 Å². The van der Waals surface area contributed by atoms with E-state index in [4.69, 9.17) is 4.74 Å². The molecule has 0 bridgehead atoms. The molecule has 0 aliphatic heterocycles. The molecule has 0 aliphatic carbocycles. The van der Waals surface area contributed by atoms with Gasteiger partial charge in [-0.2, -0.15) is 0 Å². The number of methoxy groups -OCH3 is 1. The normalized spacial score (nSPS) is 11.5. The number of hydrogen-bond acceptors (Lipinski definition) is 2. The van der Waals surface area contributed by atoms with Gasteiger partial charge in [0, 0.05) is 25.2 Å². The largest absolute Gasteiger partial charge is 0.496 e. The first-order chi connectivity index (χ1) is 9.58. The molecule has 0 saturated heterocycles. The number of hydrogen-bond donors (Lipinski definition) is 0. The van der Waals surface area contributed by atoms with Crippen molar-refractivity contribution in [2.45, 2.75) is 26.2 Å². The first kappa shape index (κ1) is 14.9. The van der Waals surface area contributed by atoms with Crippen molar-refractivity contribution in [2.75, 3.05) is 27.7 Å². The second-order valence-electron chi connectivity index (χ2n) is 5.72. The van der Waals surface area contributed by atoms with Gasteiger partial charge in [-0.15, -0.1) is 0 Å². The molecule has 0 aliphatic rings. The molecule has 0 saturated carbocycles. The van der Waals surface area contributed by atoms with Crippen molar-refractivity contribution < 1.29 is 4.74 Å². The fourth-order valence-corrected chi connectivity index (χ4v) is 2.87. The lowest BCUT2D eigenvalue weighted by Gasteiger charge is -2.11. The van der Waals surface area contributed by atoms with Crippen molar-refractivity contribution in [3.63, 3.8) is 0 Å². The second-order valence-corrected chi connectivity index (χ2v) is 5.72. The third-order valence-electron chi connectivity index (χ3n) is 3.81. The summed E-state index contributed by atoms with van der Waals surface area (Å²) in [6.45, 7) is 3.28. The number of aromatic nitrogens is 1.